The molecule has 19 heavy (non-hydrogen) atoms. The van der Waals surface area contributed by atoms with Crippen molar-refractivity contribution in [1.82, 2.24) is 4.57 Å². The average Bonchev–Trinajstić information content (AvgIpc) is 2.39. The summed E-state index contributed by atoms with van der Waals surface area (Å²) < 4.78 is 6.78. The standard InChI is InChI=1S/C14H16N2O3/c1-3-7-19-13-12(17)10-6-5-9(15)8-11(10)16(4-2)14(13)18/h3,5-6,8,17H,1,4,7,15H2,2H3. The lowest BCUT2D eigenvalue weighted by atomic mass is 10.1. The summed E-state index contributed by atoms with van der Waals surface area (Å²) in [7, 11) is 0. The molecule has 0 fully saturated rings. The maximum atomic E-state index is 12.3. The van der Waals surface area contributed by atoms with Crippen LogP contribution in [0.5, 0.6) is 11.5 Å². The Bertz CT molecular complexity index is 689. The molecule has 0 unspecified atom stereocenters. The molecule has 0 bridgehead atoms. The predicted octanol–water partition coefficient (Wildman–Crippen LogP) is 1.87. The van der Waals surface area contributed by atoms with Crippen LogP contribution < -0.4 is 16.0 Å². The number of hydrogen-bond donors (Lipinski definition) is 2. The van der Waals surface area contributed by atoms with Gasteiger partial charge in [0.05, 0.1) is 5.52 Å². The first-order chi connectivity index (χ1) is 9.10. The molecule has 0 radical (unpaired) electrons. The van der Waals surface area contributed by atoms with Crippen molar-refractivity contribution in [1.29, 1.82) is 0 Å². The topological polar surface area (TPSA) is 77.5 Å². The zero-order chi connectivity index (χ0) is 14.0. The molecule has 1 heterocycles. The van der Waals surface area contributed by atoms with Crippen LogP contribution in [0.25, 0.3) is 10.9 Å². The SMILES string of the molecule is C=CCOc1c(O)c2ccc(N)cc2n(CC)c1=O. The van der Waals surface area contributed by atoms with Gasteiger partial charge in [-0.3, -0.25) is 4.79 Å². The van der Waals surface area contributed by atoms with Gasteiger partial charge in [-0.05, 0) is 25.1 Å². The molecule has 1 aromatic carbocycles. The summed E-state index contributed by atoms with van der Waals surface area (Å²) >= 11 is 0. The Balaban J connectivity index is 2.82. The van der Waals surface area contributed by atoms with Gasteiger partial charge >= 0.3 is 0 Å². The smallest absolute Gasteiger partial charge is 0.297 e. The van der Waals surface area contributed by atoms with E-state index in [4.69, 9.17) is 10.5 Å². The third kappa shape index (κ3) is 2.14. The number of anilines is 1. The molecule has 2 rings (SSSR count). The molecule has 3 N–H and O–H groups in total. The Hall–Kier alpha value is -2.43. The van der Waals surface area contributed by atoms with Crippen LogP contribution in [0, 0.1) is 0 Å². The van der Waals surface area contributed by atoms with Crippen LogP contribution in [0.3, 0.4) is 0 Å². The lowest BCUT2D eigenvalue weighted by molar-refractivity contribution is 0.330. The summed E-state index contributed by atoms with van der Waals surface area (Å²) in [6, 6.07) is 5.01. The van der Waals surface area contributed by atoms with E-state index in [0.29, 0.717) is 23.1 Å². The largest absolute Gasteiger partial charge is 0.504 e. The van der Waals surface area contributed by atoms with Crippen LogP contribution in [0.4, 0.5) is 5.69 Å². The Morgan fingerprint density at radius 1 is 1.53 bits per heavy atom. The highest BCUT2D eigenvalue weighted by Gasteiger charge is 2.16. The van der Waals surface area contributed by atoms with Gasteiger partial charge in [-0.25, -0.2) is 0 Å². The number of benzene rings is 1. The van der Waals surface area contributed by atoms with Crippen LogP contribution in [-0.2, 0) is 6.54 Å². The molecule has 0 spiro atoms. The zero-order valence-electron chi connectivity index (χ0n) is 10.7. The van der Waals surface area contributed by atoms with Crippen molar-refractivity contribution < 1.29 is 9.84 Å². The van der Waals surface area contributed by atoms with Gasteiger partial charge in [-0.2, -0.15) is 0 Å². The molecule has 100 valence electrons. The minimum Gasteiger partial charge on any atom is -0.504 e. The molecule has 0 aliphatic heterocycles. The molecule has 0 amide bonds. The van der Waals surface area contributed by atoms with Crippen molar-refractivity contribution in [3.05, 3.63) is 41.2 Å². The molecule has 0 saturated heterocycles. The quantitative estimate of drug-likeness (QED) is 0.650. The third-order valence-corrected chi connectivity index (χ3v) is 2.88. The molecule has 5 heteroatoms. The van der Waals surface area contributed by atoms with Crippen molar-refractivity contribution in [2.75, 3.05) is 12.3 Å². The fraction of sp³-hybridized carbons (Fsp3) is 0.214. The molecular formula is C14H16N2O3. The second kappa shape index (κ2) is 5.06. The highest BCUT2D eigenvalue weighted by Crippen LogP contribution is 2.32. The summed E-state index contributed by atoms with van der Waals surface area (Å²) in [5, 5.41) is 10.7. The van der Waals surface area contributed by atoms with E-state index in [1.807, 2.05) is 6.92 Å². The minimum absolute atomic E-state index is 0.0565. The maximum absolute atomic E-state index is 12.3. The van der Waals surface area contributed by atoms with E-state index in [2.05, 4.69) is 6.58 Å². The van der Waals surface area contributed by atoms with E-state index in [1.165, 1.54) is 10.6 Å². The normalized spacial score (nSPS) is 10.6. The Kier molecular flexibility index (Phi) is 3.46. The van der Waals surface area contributed by atoms with Crippen molar-refractivity contribution in [3.8, 4) is 11.5 Å². The zero-order valence-corrected chi connectivity index (χ0v) is 10.7. The number of nitrogen functional groups attached to an aromatic ring is 1. The van der Waals surface area contributed by atoms with Crippen molar-refractivity contribution >= 4 is 16.6 Å². The number of nitrogens with two attached hydrogens (primary N) is 1. The molecule has 0 saturated carbocycles. The molecule has 0 aliphatic rings. The van der Waals surface area contributed by atoms with Gasteiger partial charge < -0.3 is 20.1 Å². The number of hydrogen-bond acceptors (Lipinski definition) is 4. The number of pyridine rings is 1. The monoisotopic (exact) mass is 260 g/mol. The van der Waals surface area contributed by atoms with Gasteiger partial charge in [-0.15, -0.1) is 0 Å². The summed E-state index contributed by atoms with van der Waals surface area (Å²) in [5.41, 5.74) is 6.48. The fourth-order valence-electron chi connectivity index (χ4n) is 2.01. The van der Waals surface area contributed by atoms with Crippen molar-refractivity contribution in [2.24, 2.45) is 0 Å². The second-order valence-corrected chi connectivity index (χ2v) is 4.10. The average molecular weight is 260 g/mol. The molecule has 0 atom stereocenters. The van der Waals surface area contributed by atoms with E-state index < -0.39 is 0 Å². The van der Waals surface area contributed by atoms with Crippen LogP contribution in [0.15, 0.2) is 35.6 Å². The van der Waals surface area contributed by atoms with Crippen molar-refractivity contribution in [3.63, 3.8) is 0 Å². The van der Waals surface area contributed by atoms with Gasteiger partial charge in [0, 0.05) is 17.6 Å². The second-order valence-electron chi connectivity index (χ2n) is 4.10. The number of aromatic hydroxyl groups is 1. The van der Waals surface area contributed by atoms with Gasteiger partial charge in [0.15, 0.2) is 5.75 Å². The number of aromatic nitrogens is 1. The number of fused-ring (bicyclic) bond motifs is 1. The van der Waals surface area contributed by atoms with E-state index in [9.17, 15) is 9.90 Å². The van der Waals surface area contributed by atoms with E-state index in [-0.39, 0.29) is 23.7 Å². The van der Waals surface area contributed by atoms with Gasteiger partial charge in [0.25, 0.3) is 5.56 Å². The Morgan fingerprint density at radius 2 is 2.26 bits per heavy atom. The third-order valence-electron chi connectivity index (χ3n) is 2.88. The minimum atomic E-state index is -0.375. The van der Waals surface area contributed by atoms with Crippen LogP contribution in [0.2, 0.25) is 0 Å². The van der Waals surface area contributed by atoms with E-state index in [0.717, 1.165) is 0 Å². The first kappa shape index (κ1) is 13.0. The molecule has 2 aromatic rings. The summed E-state index contributed by atoms with van der Waals surface area (Å²) in [6.45, 7) is 5.99. The first-order valence-corrected chi connectivity index (χ1v) is 5.98. The number of ether oxygens (including phenoxy) is 1. The van der Waals surface area contributed by atoms with E-state index >= 15 is 0 Å². The summed E-state index contributed by atoms with van der Waals surface area (Å²) in [6.07, 6.45) is 1.52. The van der Waals surface area contributed by atoms with Crippen molar-refractivity contribution in [2.45, 2.75) is 13.5 Å². The molecule has 5 nitrogen and oxygen atoms in total. The lowest BCUT2D eigenvalue weighted by Gasteiger charge is -2.14. The van der Waals surface area contributed by atoms with Crippen LogP contribution >= 0.6 is 0 Å². The lowest BCUT2D eigenvalue weighted by Crippen LogP contribution is -2.22. The number of aryl methyl sites for hydroxylation is 1. The predicted molar refractivity (Wildman–Crippen MR) is 75.7 cm³/mol. The maximum Gasteiger partial charge on any atom is 0.297 e. The Morgan fingerprint density at radius 3 is 2.89 bits per heavy atom. The van der Waals surface area contributed by atoms with Gasteiger partial charge in [0.1, 0.15) is 6.61 Å². The molecule has 1 aromatic heterocycles. The highest BCUT2D eigenvalue weighted by atomic mass is 16.5. The van der Waals surface area contributed by atoms with Gasteiger partial charge in [-0.1, -0.05) is 12.7 Å². The van der Waals surface area contributed by atoms with Crippen LogP contribution in [-0.4, -0.2) is 16.3 Å². The first-order valence-electron chi connectivity index (χ1n) is 5.98. The van der Waals surface area contributed by atoms with Crippen LogP contribution in [0.1, 0.15) is 6.92 Å². The number of rotatable bonds is 4. The van der Waals surface area contributed by atoms with Gasteiger partial charge in [0.2, 0.25) is 5.75 Å². The van der Waals surface area contributed by atoms with E-state index in [1.54, 1.807) is 18.2 Å². The summed E-state index contributed by atoms with van der Waals surface area (Å²) in [5.74, 6) is -0.217. The fourth-order valence-corrected chi connectivity index (χ4v) is 2.01. The number of nitrogens with zero attached hydrogens (tertiary/aromatic N) is 1. The molecule has 0 aliphatic carbocycles. The Labute approximate surface area is 110 Å². The summed E-state index contributed by atoms with van der Waals surface area (Å²) in [4.78, 5) is 12.3. The highest BCUT2D eigenvalue weighted by molar-refractivity contribution is 5.89. The molecular weight excluding hydrogens is 244 g/mol.